The summed E-state index contributed by atoms with van der Waals surface area (Å²) in [6.45, 7) is 1.58. The van der Waals surface area contributed by atoms with Gasteiger partial charge < -0.3 is 0 Å². The van der Waals surface area contributed by atoms with Gasteiger partial charge in [-0.3, -0.25) is 9.59 Å². The second kappa shape index (κ2) is 6.87. The fourth-order valence-electron chi connectivity index (χ4n) is 2.63. The van der Waals surface area contributed by atoms with Crippen LogP contribution in [0.4, 0.5) is 5.69 Å². The summed E-state index contributed by atoms with van der Waals surface area (Å²) >= 11 is 1.54. The first kappa shape index (κ1) is 15.6. The molecule has 1 aromatic carbocycles. The Morgan fingerprint density at radius 2 is 2.00 bits per heavy atom. The minimum absolute atomic E-state index is 0.107. The average molecular weight is 328 g/mol. The van der Waals surface area contributed by atoms with Crippen molar-refractivity contribution in [3.8, 4) is 0 Å². The fourth-order valence-corrected chi connectivity index (χ4v) is 3.57. The number of rotatable bonds is 6. The van der Waals surface area contributed by atoms with Crippen LogP contribution in [0.1, 0.15) is 34.3 Å². The molecule has 5 heteroatoms. The lowest BCUT2D eigenvalue weighted by atomic mass is 10.1. The minimum atomic E-state index is -0.253. The molecule has 0 fully saturated rings. The lowest BCUT2D eigenvalue weighted by molar-refractivity contribution is -0.489. The molecule has 1 aliphatic heterocycles. The molecule has 1 aromatic heterocycles. The maximum atomic E-state index is 12.0. The quantitative estimate of drug-likeness (QED) is 0.353. The predicted octanol–water partition coefficient (Wildman–Crippen LogP) is 3.38. The second-order valence-corrected chi connectivity index (χ2v) is 6.64. The molecule has 0 saturated carbocycles. The molecular formula is C18H18NO3S+. The van der Waals surface area contributed by atoms with Crippen LogP contribution in [-0.4, -0.2) is 24.2 Å². The molecule has 0 aliphatic carbocycles. The van der Waals surface area contributed by atoms with E-state index in [1.54, 1.807) is 23.2 Å². The van der Waals surface area contributed by atoms with Gasteiger partial charge in [0.05, 0.1) is 17.0 Å². The van der Waals surface area contributed by atoms with Gasteiger partial charge in [-0.25, -0.2) is 9.32 Å². The molecule has 4 nitrogen and oxygen atoms in total. The Kier molecular flexibility index (Phi) is 4.67. The SMILES string of the molecule is CC(=O)c1ccc(CCCC2[O+]=CC(=O)N2c2ccccc2)s1. The number of ketones is 1. The second-order valence-electron chi connectivity index (χ2n) is 5.47. The van der Waals surface area contributed by atoms with E-state index in [-0.39, 0.29) is 17.9 Å². The first-order chi connectivity index (χ1) is 11.1. The highest BCUT2D eigenvalue weighted by Crippen LogP contribution is 2.23. The molecule has 0 saturated heterocycles. The number of hydrogen-bond acceptors (Lipinski definition) is 3. The van der Waals surface area contributed by atoms with Gasteiger partial charge in [0.25, 0.3) is 0 Å². The largest absolute Gasteiger partial charge is 0.376 e. The molecular weight excluding hydrogens is 310 g/mol. The molecule has 1 unspecified atom stereocenters. The first-order valence-electron chi connectivity index (χ1n) is 7.62. The Bertz CT molecular complexity index is 736. The first-order valence-corrected chi connectivity index (χ1v) is 8.43. The summed E-state index contributed by atoms with van der Waals surface area (Å²) in [6, 6.07) is 13.4. The van der Waals surface area contributed by atoms with E-state index in [1.807, 2.05) is 42.5 Å². The Morgan fingerprint density at radius 3 is 2.70 bits per heavy atom. The third kappa shape index (κ3) is 3.56. The van der Waals surface area contributed by atoms with Gasteiger partial charge in [-0.2, -0.15) is 0 Å². The van der Waals surface area contributed by atoms with Crippen LogP contribution >= 0.6 is 11.3 Å². The summed E-state index contributed by atoms with van der Waals surface area (Å²) in [4.78, 5) is 27.0. The van der Waals surface area contributed by atoms with Crippen molar-refractivity contribution >= 4 is 35.0 Å². The molecule has 0 spiro atoms. The molecule has 0 N–H and O–H groups in total. The molecule has 2 aromatic rings. The Balaban J connectivity index is 1.59. The number of amides is 1. The molecule has 2 heterocycles. The van der Waals surface area contributed by atoms with Gasteiger partial charge in [0, 0.05) is 4.88 Å². The van der Waals surface area contributed by atoms with Crippen molar-refractivity contribution in [2.75, 3.05) is 4.90 Å². The van der Waals surface area contributed by atoms with Crippen molar-refractivity contribution in [1.82, 2.24) is 0 Å². The zero-order valence-electron chi connectivity index (χ0n) is 12.9. The van der Waals surface area contributed by atoms with Gasteiger partial charge in [0.1, 0.15) is 0 Å². The van der Waals surface area contributed by atoms with Crippen LogP contribution in [0.25, 0.3) is 0 Å². The van der Waals surface area contributed by atoms with Crippen LogP contribution in [0.2, 0.25) is 0 Å². The van der Waals surface area contributed by atoms with E-state index < -0.39 is 0 Å². The molecule has 1 amide bonds. The van der Waals surface area contributed by atoms with Gasteiger partial charge >= 0.3 is 18.4 Å². The molecule has 23 heavy (non-hydrogen) atoms. The van der Waals surface area contributed by atoms with Crippen molar-refractivity contribution in [3.05, 3.63) is 52.2 Å². The number of Topliss-reactive ketones (excluding diaryl/α,β-unsaturated/α-hetero) is 1. The number of nitrogens with zero attached hydrogens (tertiary/aromatic N) is 1. The van der Waals surface area contributed by atoms with E-state index in [0.717, 1.165) is 29.8 Å². The van der Waals surface area contributed by atoms with Crippen molar-refractivity contribution in [1.29, 1.82) is 0 Å². The highest BCUT2D eigenvalue weighted by molar-refractivity contribution is 7.14. The smallest absolute Gasteiger partial charge is 0.294 e. The van der Waals surface area contributed by atoms with Gasteiger partial charge in [-0.05, 0) is 44.0 Å². The topological polar surface area (TPSA) is 48.7 Å². The van der Waals surface area contributed by atoms with Crippen LogP contribution < -0.4 is 4.90 Å². The van der Waals surface area contributed by atoms with Gasteiger partial charge in [0.2, 0.25) is 0 Å². The summed E-state index contributed by atoms with van der Waals surface area (Å²) in [5.74, 6) is -0.00739. The molecule has 118 valence electrons. The number of carbonyl (C=O) groups is 2. The molecule has 0 bridgehead atoms. The summed E-state index contributed by atoms with van der Waals surface area (Å²) in [6.07, 6.45) is 3.57. The Hall–Kier alpha value is -2.27. The lowest BCUT2D eigenvalue weighted by Gasteiger charge is -2.15. The van der Waals surface area contributed by atoms with E-state index in [4.69, 9.17) is 4.42 Å². The summed E-state index contributed by atoms with van der Waals surface area (Å²) in [7, 11) is 0. The molecule has 1 aliphatic rings. The van der Waals surface area contributed by atoms with E-state index in [2.05, 4.69) is 0 Å². The maximum Gasteiger partial charge on any atom is 0.376 e. The van der Waals surface area contributed by atoms with E-state index in [1.165, 1.54) is 11.2 Å². The van der Waals surface area contributed by atoms with Gasteiger partial charge in [0.15, 0.2) is 5.78 Å². The number of para-hydroxylation sites is 1. The number of thiophene rings is 1. The average Bonchev–Trinajstić information content (AvgIpc) is 3.16. The number of anilines is 1. The molecule has 1 atom stereocenters. The maximum absolute atomic E-state index is 12.0. The zero-order chi connectivity index (χ0) is 16.2. The highest BCUT2D eigenvalue weighted by Gasteiger charge is 2.39. The third-order valence-electron chi connectivity index (χ3n) is 3.77. The van der Waals surface area contributed by atoms with Crippen LogP contribution in [0.5, 0.6) is 0 Å². The monoisotopic (exact) mass is 328 g/mol. The summed E-state index contributed by atoms with van der Waals surface area (Å²) in [5, 5.41) is 0. The predicted molar refractivity (Wildman–Crippen MR) is 91.0 cm³/mol. The van der Waals surface area contributed by atoms with Crippen LogP contribution in [0.3, 0.4) is 0 Å². The fraction of sp³-hybridized carbons (Fsp3) is 0.278. The number of aryl methyl sites for hydroxylation is 1. The van der Waals surface area contributed by atoms with E-state index >= 15 is 0 Å². The van der Waals surface area contributed by atoms with Crippen LogP contribution in [0, 0.1) is 0 Å². The third-order valence-corrected chi connectivity index (χ3v) is 5.01. The zero-order valence-corrected chi connectivity index (χ0v) is 13.7. The standard InChI is InChI=1S/C18H18NO3S/c1-13(20)16-11-10-15(23-16)8-5-9-18-19(17(21)12-22-18)14-6-3-2-4-7-14/h2-4,6-7,10-12,18H,5,8-9H2,1H3/q+1. The molecule has 3 rings (SSSR count). The number of carbonyl (C=O) groups excluding carboxylic acids is 3. The van der Waals surface area contributed by atoms with Crippen molar-refractivity contribution in [2.45, 2.75) is 32.4 Å². The normalized spacial score (nSPS) is 17.0. The summed E-state index contributed by atoms with van der Waals surface area (Å²) < 4.78 is 5.51. The molecule has 0 radical (unpaired) electrons. The van der Waals surface area contributed by atoms with Crippen molar-refractivity contribution in [3.63, 3.8) is 0 Å². The van der Waals surface area contributed by atoms with Crippen LogP contribution in [0.15, 0.2) is 42.5 Å². The lowest BCUT2D eigenvalue weighted by Crippen LogP contribution is -2.35. The van der Waals surface area contributed by atoms with Gasteiger partial charge in [-0.15, -0.1) is 11.3 Å². The van der Waals surface area contributed by atoms with Gasteiger partial charge in [-0.1, -0.05) is 18.2 Å². The number of benzene rings is 1. The minimum Gasteiger partial charge on any atom is -0.294 e. The van der Waals surface area contributed by atoms with Crippen molar-refractivity contribution < 1.29 is 14.0 Å². The van der Waals surface area contributed by atoms with Crippen LogP contribution in [-0.2, 0) is 15.6 Å². The number of aldehydes is 1. The summed E-state index contributed by atoms with van der Waals surface area (Å²) in [5.41, 5.74) is 0.853. The van der Waals surface area contributed by atoms with E-state index in [0.29, 0.717) is 0 Å². The Labute approximate surface area is 139 Å². The number of hydrogen-bond donors (Lipinski definition) is 0. The van der Waals surface area contributed by atoms with Crippen molar-refractivity contribution in [2.24, 2.45) is 0 Å². The Morgan fingerprint density at radius 1 is 1.22 bits per heavy atom. The highest BCUT2D eigenvalue weighted by atomic mass is 32.1. The van der Waals surface area contributed by atoms with E-state index in [9.17, 15) is 9.59 Å².